The van der Waals surface area contributed by atoms with Crippen molar-refractivity contribution in [1.82, 2.24) is 5.32 Å². The molecule has 2 rings (SSSR count). The van der Waals surface area contributed by atoms with Gasteiger partial charge in [-0.3, -0.25) is 0 Å². The van der Waals surface area contributed by atoms with Gasteiger partial charge < -0.3 is 10.1 Å². The van der Waals surface area contributed by atoms with Crippen LogP contribution >= 0.6 is 0 Å². The van der Waals surface area contributed by atoms with Crippen molar-refractivity contribution in [2.75, 3.05) is 26.0 Å². The predicted octanol–water partition coefficient (Wildman–Crippen LogP) is 0.551. The molecular weight excluding hydrogens is 226 g/mol. The molecule has 1 aliphatic heterocycles. The summed E-state index contributed by atoms with van der Waals surface area (Å²) >= 11 is 0. The molecule has 0 saturated carbocycles. The van der Waals surface area contributed by atoms with Crippen molar-refractivity contribution < 1.29 is 13.2 Å². The van der Waals surface area contributed by atoms with E-state index in [0.29, 0.717) is 23.6 Å². The lowest BCUT2D eigenvalue weighted by Crippen LogP contribution is -2.34. The highest BCUT2D eigenvalue weighted by Crippen LogP contribution is 2.25. The number of hydrogen-bond donors (Lipinski definition) is 1. The fourth-order valence-electron chi connectivity index (χ4n) is 1.78. The van der Waals surface area contributed by atoms with Crippen LogP contribution in [0.4, 0.5) is 0 Å². The Labute approximate surface area is 95.5 Å². The van der Waals surface area contributed by atoms with E-state index >= 15 is 0 Å². The van der Waals surface area contributed by atoms with Crippen LogP contribution in [-0.4, -0.2) is 34.4 Å². The molecule has 1 N–H and O–H groups in total. The van der Waals surface area contributed by atoms with E-state index in [1.165, 1.54) is 6.26 Å². The van der Waals surface area contributed by atoms with Gasteiger partial charge in [-0.25, -0.2) is 8.42 Å². The molecule has 1 aliphatic rings. The van der Waals surface area contributed by atoms with Crippen molar-refractivity contribution in [2.45, 2.75) is 11.0 Å². The molecule has 0 bridgehead atoms. The van der Waals surface area contributed by atoms with Gasteiger partial charge in [0.15, 0.2) is 9.84 Å². The van der Waals surface area contributed by atoms with E-state index in [-0.39, 0.29) is 6.10 Å². The van der Waals surface area contributed by atoms with Crippen LogP contribution in [-0.2, 0) is 14.6 Å². The van der Waals surface area contributed by atoms with Crippen LogP contribution in [0.25, 0.3) is 0 Å². The second kappa shape index (κ2) is 4.53. The van der Waals surface area contributed by atoms with Crippen molar-refractivity contribution in [2.24, 2.45) is 0 Å². The third-order valence-electron chi connectivity index (χ3n) is 2.53. The number of hydrogen-bond acceptors (Lipinski definition) is 4. The third kappa shape index (κ3) is 2.42. The Balaban J connectivity index is 2.40. The van der Waals surface area contributed by atoms with Crippen molar-refractivity contribution in [3.63, 3.8) is 0 Å². The van der Waals surface area contributed by atoms with Gasteiger partial charge in [0.1, 0.15) is 0 Å². The van der Waals surface area contributed by atoms with Gasteiger partial charge in [0.05, 0.1) is 17.6 Å². The SMILES string of the molecule is CS(=O)(=O)c1cc[c]cc1C1CNCCO1. The predicted molar refractivity (Wildman–Crippen MR) is 60.0 cm³/mol. The minimum atomic E-state index is -3.21. The summed E-state index contributed by atoms with van der Waals surface area (Å²) in [5.41, 5.74) is 0.692. The van der Waals surface area contributed by atoms with Gasteiger partial charge in [-0.1, -0.05) is 6.07 Å². The van der Waals surface area contributed by atoms with Crippen molar-refractivity contribution in [3.8, 4) is 0 Å². The minimum absolute atomic E-state index is 0.198. The summed E-state index contributed by atoms with van der Waals surface area (Å²) in [6.07, 6.45) is 1.01. The summed E-state index contributed by atoms with van der Waals surface area (Å²) in [5.74, 6) is 0. The largest absolute Gasteiger partial charge is 0.371 e. The molecule has 1 heterocycles. The Kier molecular flexibility index (Phi) is 3.28. The molecule has 0 amide bonds. The van der Waals surface area contributed by atoms with Gasteiger partial charge in [0, 0.05) is 24.9 Å². The third-order valence-corrected chi connectivity index (χ3v) is 3.70. The van der Waals surface area contributed by atoms with Crippen LogP contribution in [0.3, 0.4) is 0 Å². The molecule has 1 fully saturated rings. The second-order valence-corrected chi connectivity index (χ2v) is 5.78. The first-order chi connectivity index (χ1) is 7.59. The normalized spacial score (nSPS) is 21.9. The first kappa shape index (κ1) is 11.6. The molecule has 0 aromatic heterocycles. The van der Waals surface area contributed by atoms with Gasteiger partial charge in [-0.05, 0) is 18.2 Å². The van der Waals surface area contributed by atoms with Crippen LogP contribution in [0, 0.1) is 6.07 Å². The average Bonchev–Trinajstić information content (AvgIpc) is 2.29. The van der Waals surface area contributed by atoms with Crippen LogP contribution in [0.2, 0.25) is 0 Å². The molecular formula is C11H14NO3S. The maximum absolute atomic E-state index is 11.6. The van der Waals surface area contributed by atoms with Gasteiger partial charge in [0.25, 0.3) is 0 Å². The maximum atomic E-state index is 11.6. The zero-order chi connectivity index (χ0) is 11.6. The first-order valence-electron chi connectivity index (χ1n) is 5.11. The van der Waals surface area contributed by atoms with Crippen molar-refractivity contribution >= 4 is 9.84 Å². The fourth-order valence-corrected chi connectivity index (χ4v) is 2.72. The summed E-state index contributed by atoms with van der Waals surface area (Å²) in [4.78, 5) is 0.333. The molecule has 87 valence electrons. The smallest absolute Gasteiger partial charge is 0.175 e. The highest BCUT2D eigenvalue weighted by Gasteiger charge is 2.22. The standard InChI is InChI=1S/C11H14NO3S/c1-16(13,14)11-5-3-2-4-9(11)10-8-12-6-7-15-10/h3-5,10,12H,6-8H2,1H3. The van der Waals surface area contributed by atoms with Crippen LogP contribution < -0.4 is 5.32 Å². The van der Waals surface area contributed by atoms with E-state index in [0.717, 1.165) is 6.54 Å². The number of ether oxygens (including phenoxy) is 1. The number of sulfone groups is 1. The highest BCUT2D eigenvalue weighted by atomic mass is 32.2. The van der Waals surface area contributed by atoms with Gasteiger partial charge in [-0.2, -0.15) is 0 Å². The molecule has 0 spiro atoms. The highest BCUT2D eigenvalue weighted by molar-refractivity contribution is 7.90. The van der Waals surface area contributed by atoms with E-state index in [2.05, 4.69) is 11.4 Å². The Morgan fingerprint density at radius 2 is 2.38 bits per heavy atom. The Hall–Kier alpha value is -0.910. The topological polar surface area (TPSA) is 55.4 Å². The summed E-state index contributed by atoms with van der Waals surface area (Å²) < 4.78 is 28.8. The maximum Gasteiger partial charge on any atom is 0.175 e. The number of nitrogens with one attached hydrogen (secondary N) is 1. The van der Waals surface area contributed by atoms with Crippen LogP contribution in [0.15, 0.2) is 23.1 Å². The van der Waals surface area contributed by atoms with Gasteiger partial charge >= 0.3 is 0 Å². The van der Waals surface area contributed by atoms with E-state index in [4.69, 9.17) is 4.74 Å². The molecule has 0 aliphatic carbocycles. The molecule has 1 aromatic carbocycles. The lowest BCUT2D eigenvalue weighted by molar-refractivity contribution is 0.0260. The van der Waals surface area contributed by atoms with Crippen LogP contribution in [0.1, 0.15) is 11.7 Å². The van der Waals surface area contributed by atoms with E-state index in [1.807, 2.05) is 0 Å². The summed E-state index contributed by atoms with van der Waals surface area (Å²) in [7, 11) is -3.21. The number of rotatable bonds is 2. The molecule has 1 atom stereocenters. The van der Waals surface area contributed by atoms with Gasteiger partial charge in [-0.15, -0.1) is 0 Å². The van der Waals surface area contributed by atoms with Crippen molar-refractivity contribution in [3.05, 3.63) is 29.8 Å². The zero-order valence-corrected chi connectivity index (χ0v) is 9.88. The van der Waals surface area contributed by atoms with Crippen LogP contribution in [0.5, 0.6) is 0 Å². The second-order valence-electron chi connectivity index (χ2n) is 3.80. The number of benzene rings is 1. The lowest BCUT2D eigenvalue weighted by Gasteiger charge is -2.25. The quantitative estimate of drug-likeness (QED) is 0.820. The monoisotopic (exact) mass is 240 g/mol. The molecule has 16 heavy (non-hydrogen) atoms. The molecule has 1 aromatic rings. The summed E-state index contributed by atoms with van der Waals surface area (Å²) in [5, 5.41) is 3.18. The first-order valence-corrected chi connectivity index (χ1v) is 7.00. The summed E-state index contributed by atoms with van der Waals surface area (Å²) in [6.45, 7) is 2.05. The van der Waals surface area contributed by atoms with Crippen molar-refractivity contribution in [1.29, 1.82) is 0 Å². The average molecular weight is 240 g/mol. The van der Waals surface area contributed by atoms with E-state index in [9.17, 15) is 8.42 Å². The molecule has 1 saturated heterocycles. The Morgan fingerprint density at radius 1 is 1.56 bits per heavy atom. The molecule has 1 unspecified atom stereocenters. The Morgan fingerprint density at radius 3 is 3.00 bits per heavy atom. The zero-order valence-electron chi connectivity index (χ0n) is 9.06. The fraction of sp³-hybridized carbons (Fsp3) is 0.455. The van der Waals surface area contributed by atoms with Gasteiger partial charge in [0.2, 0.25) is 0 Å². The molecule has 4 nitrogen and oxygen atoms in total. The number of morpholine rings is 1. The lowest BCUT2D eigenvalue weighted by atomic mass is 10.1. The van der Waals surface area contributed by atoms with E-state index < -0.39 is 9.84 Å². The Bertz CT molecular complexity index is 464. The summed E-state index contributed by atoms with van der Waals surface area (Å²) in [6, 6.07) is 7.77. The molecule has 5 heteroatoms. The minimum Gasteiger partial charge on any atom is -0.371 e. The molecule has 1 radical (unpaired) electrons. The van der Waals surface area contributed by atoms with E-state index in [1.54, 1.807) is 18.2 Å².